The number of carbonyl (C=O) groups excluding carboxylic acids is 1. The van der Waals surface area contributed by atoms with E-state index in [1.54, 1.807) is 24.3 Å². The third kappa shape index (κ3) is 3.94. The van der Waals surface area contributed by atoms with E-state index in [0.717, 1.165) is 32.6 Å². The predicted molar refractivity (Wildman–Crippen MR) is 102 cm³/mol. The molecule has 2 N–H and O–H groups in total. The van der Waals surface area contributed by atoms with E-state index in [0.29, 0.717) is 28.8 Å². The van der Waals surface area contributed by atoms with Crippen LogP contribution in [0.15, 0.2) is 24.3 Å². The van der Waals surface area contributed by atoms with Crippen molar-refractivity contribution < 1.29 is 14.7 Å². The van der Waals surface area contributed by atoms with Gasteiger partial charge in [-0.2, -0.15) is 0 Å². The molecule has 1 fully saturated rings. The molecular formula is C19H24N4O3. The van der Waals surface area contributed by atoms with Gasteiger partial charge in [0.25, 0.3) is 0 Å². The number of piperazine rings is 1. The monoisotopic (exact) mass is 356 g/mol. The highest BCUT2D eigenvalue weighted by Gasteiger charge is 2.19. The average Bonchev–Trinajstić information content (AvgIpc) is 2.61. The smallest absolute Gasteiger partial charge is 0.336 e. The fourth-order valence-electron chi connectivity index (χ4n) is 3.11. The van der Waals surface area contributed by atoms with Gasteiger partial charge in [0, 0.05) is 43.7 Å². The normalized spacial score (nSPS) is 15.2. The number of likely N-dealkylation sites (N-methyl/N-ethyl adjacent to an activating group) is 1. The zero-order valence-corrected chi connectivity index (χ0v) is 15.2. The Morgan fingerprint density at radius 3 is 2.58 bits per heavy atom. The molecule has 1 aliphatic rings. The number of rotatable bonds is 5. The van der Waals surface area contributed by atoms with Crippen LogP contribution in [0, 0.1) is 0 Å². The average molecular weight is 356 g/mol. The maximum Gasteiger partial charge on any atom is 0.336 e. The molecule has 0 atom stereocenters. The first kappa shape index (κ1) is 18.1. The Bertz CT molecular complexity index is 829. The van der Waals surface area contributed by atoms with Crippen molar-refractivity contribution in [1.82, 2.24) is 9.88 Å². The minimum absolute atomic E-state index is 0.0780. The Hall–Kier alpha value is -2.67. The third-order valence-corrected chi connectivity index (χ3v) is 4.61. The summed E-state index contributed by atoms with van der Waals surface area (Å²) >= 11 is 0. The number of nitrogens with zero attached hydrogens (tertiary/aromatic N) is 3. The summed E-state index contributed by atoms with van der Waals surface area (Å²) in [6.07, 6.45) is 1.19. The first-order chi connectivity index (χ1) is 12.5. The molecule has 26 heavy (non-hydrogen) atoms. The Labute approximate surface area is 152 Å². The molecule has 1 aliphatic heterocycles. The largest absolute Gasteiger partial charge is 0.478 e. The van der Waals surface area contributed by atoms with Gasteiger partial charge in [-0.05, 0) is 37.7 Å². The molecule has 0 saturated carbocycles. The molecule has 2 heterocycles. The predicted octanol–water partition coefficient (Wildman–Crippen LogP) is 2.42. The number of amides is 1. The molecule has 2 aromatic rings. The van der Waals surface area contributed by atoms with Crippen molar-refractivity contribution in [3.63, 3.8) is 0 Å². The standard InChI is InChI=1S/C19H24N4O3/c1-3-4-18(24)20-13-5-6-16-14(11-13)15(19(25)26)12-17(21-16)23-9-7-22(2)8-10-23/h5-6,11-12H,3-4,7-10H2,1-2H3,(H,20,24)(H,25,26). The first-order valence-electron chi connectivity index (χ1n) is 8.89. The van der Waals surface area contributed by atoms with Crippen molar-refractivity contribution in [1.29, 1.82) is 0 Å². The van der Waals surface area contributed by atoms with E-state index in [1.165, 1.54) is 0 Å². The van der Waals surface area contributed by atoms with Crippen molar-refractivity contribution in [3.8, 4) is 0 Å². The number of aromatic nitrogens is 1. The number of hydrogen-bond donors (Lipinski definition) is 2. The van der Waals surface area contributed by atoms with Gasteiger partial charge in [0.15, 0.2) is 0 Å². The van der Waals surface area contributed by atoms with E-state index in [4.69, 9.17) is 0 Å². The van der Waals surface area contributed by atoms with Crippen LogP contribution in [0.25, 0.3) is 10.9 Å². The summed E-state index contributed by atoms with van der Waals surface area (Å²) in [5.74, 6) is -0.388. The molecule has 7 nitrogen and oxygen atoms in total. The van der Waals surface area contributed by atoms with Crippen LogP contribution >= 0.6 is 0 Å². The lowest BCUT2D eigenvalue weighted by Crippen LogP contribution is -2.44. The number of carboxylic acid groups (broad SMARTS) is 1. The number of hydrogen-bond acceptors (Lipinski definition) is 5. The fraction of sp³-hybridized carbons (Fsp3) is 0.421. The number of pyridine rings is 1. The molecule has 3 rings (SSSR count). The molecule has 0 bridgehead atoms. The molecule has 0 aliphatic carbocycles. The first-order valence-corrected chi connectivity index (χ1v) is 8.89. The van der Waals surface area contributed by atoms with E-state index in [1.807, 2.05) is 6.92 Å². The molecule has 7 heteroatoms. The van der Waals surface area contributed by atoms with Crippen molar-refractivity contribution in [3.05, 3.63) is 29.8 Å². The van der Waals surface area contributed by atoms with Gasteiger partial charge in [-0.25, -0.2) is 9.78 Å². The van der Waals surface area contributed by atoms with Gasteiger partial charge in [-0.1, -0.05) is 6.92 Å². The van der Waals surface area contributed by atoms with Crippen LogP contribution in [0.2, 0.25) is 0 Å². The number of carboxylic acids is 1. The molecule has 1 amide bonds. The molecule has 1 aromatic heterocycles. The van der Waals surface area contributed by atoms with Crippen molar-refractivity contribution >= 4 is 34.3 Å². The Balaban J connectivity index is 1.96. The summed E-state index contributed by atoms with van der Waals surface area (Å²) in [5, 5.41) is 13.0. The summed E-state index contributed by atoms with van der Waals surface area (Å²) < 4.78 is 0. The van der Waals surface area contributed by atoms with E-state index in [2.05, 4.69) is 27.1 Å². The summed E-state index contributed by atoms with van der Waals surface area (Å²) in [5.41, 5.74) is 1.41. The second-order valence-electron chi connectivity index (χ2n) is 6.65. The van der Waals surface area contributed by atoms with Gasteiger partial charge in [0.05, 0.1) is 11.1 Å². The third-order valence-electron chi connectivity index (χ3n) is 4.61. The van der Waals surface area contributed by atoms with E-state index in [-0.39, 0.29) is 11.5 Å². The second-order valence-corrected chi connectivity index (χ2v) is 6.65. The Morgan fingerprint density at radius 2 is 1.92 bits per heavy atom. The van der Waals surface area contributed by atoms with Crippen LogP contribution in [0.1, 0.15) is 30.1 Å². The number of anilines is 2. The Morgan fingerprint density at radius 1 is 1.19 bits per heavy atom. The van der Waals surface area contributed by atoms with E-state index in [9.17, 15) is 14.7 Å². The lowest BCUT2D eigenvalue weighted by Gasteiger charge is -2.33. The molecular weight excluding hydrogens is 332 g/mol. The van der Waals surface area contributed by atoms with E-state index >= 15 is 0 Å². The topological polar surface area (TPSA) is 85.8 Å². The SMILES string of the molecule is CCCC(=O)Nc1ccc2nc(N3CCN(C)CC3)cc(C(=O)O)c2c1. The zero-order valence-electron chi connectivity index (χ0n) is 15.2. The quantitative estimate of drug-likeness (QED) is 0.856. The van der Waals surface area contributed by atoms with Gasteiger partial charge in [0.2, 0.25) is 5.91 Å². The van der Waals surface area contributed by atoms with Crippen LogP contribution in [0.5, 0.6) is 0 Å². The molecule has 0 unspecified atom stereocenters. The van der Waals surface area contributed by atoms with Gasteiger partial charge in [-0.15, -0.1) is 0 Å². The number of carbonyl (C=O) groups is 2. The van der Waals surface area contributed by atoms with Crippen molar-refractivity contribution in [2.45, 2.75) is 19.8 Å². The summed E-state index contributed by atoms with van der Waals surface area (Å²) in [4.78, 5) is 32.6. The molecule has 0 spiro atoms. The number of fused-ring (bicyclic) bond motifs is 1. The number of aromatic carboxylic acids is 1. The molecule has 1 saturated heterocycles. The number of nitrogens with one attached hydrogen (secondary N) is 1. The lowest BCUT2D eigenvalue weighted by molar-refractivity contribution is -0.116. The highest BCUT2D eigenvalue weighted by Crippen LogP contribution is 2.26. The summed E-state index contributed by atoms with van der Waals surface area (Å²) in [6.45, 7) is 5.42. The second kappa shape index (κ2) is 7.70. The van der Waals surface area contributed by atoms with Crippen LogP contribution < -0.4 is 10.2 Å². The maximum absolute atomic E-state index is 11.8. The van der Waals surface area contributed by atoms with Crippen LogP contribution in [0.3, 0.4) is 0 Å². The van der Waals surface area contributed by atoms with Gasteiger partial charge >= 0.3 is 5.97 Å². The summed E-state index contributed by atoms with van der Waals surface area (Å²) in [6, 6.07) is 6.85. The molecule has 1 aromatic carbocycles. The highest BCUT2D eigenvalue weighted by atomic mass is 16.4. The highest BCUT2D eigenvalue weighted by molar-refractivity contribution is 6.05. The minimum atomic E-state index is -0.996. The van der Waals surface area contributed by atoms with Crippen LogP contribution in [-0.2, 0) is 4.79 Å². The fourth-order valence-corrected chi connectivity index (χ4v) is 3.11. The van der Waals surface area contributed by atoms with Gasteiger partial charge < -0.3 is 20.2 Å². The number of benzene rings is 1. The van der Waals surface area contributed by atoms with E-state index < -0.39 is 5.97 Å². The van der Waals surface area contributed by atoms with Crippen molar-refractivity contribution in [2.24, 2.45) is 0 Å². The minimum Gasteiger partial charge on any atom is -0.478 e. The summed E-state index contributed by atoms with van der Waals surface area (Å²) in [7, 11) is 2.07. The lowest BCUT2D eigenvalue weighted by atomic mass is 10.1. The molecule has 138 valence electrons. The van der Waals surface area contributed by atoms with Crippen LogP contribution in [0.4, 0.5) is 11.5 Å². The van der Waals surface area contributed by atoms with Gasteiger partial charge in [0.1, 0.15) is 5.82 Å². The Kier molecular flexibility index (Phi) is 5.37. The zero-order chi connectivity index (χ0) is 18.7. The molecule has 0 radical (unpaired) electrons. The maximum atomic E-state index is 11.8. The van der Waals surface area contributed by atoms with Crippen LogP contribution in [-0.4, -0.2) is 60.1 Å². The van der Waals surface area contributed by atoms with Gasteiger partial charge in [-0.3, -0.25) is 4.79 Å². The van der Waals surface area contributed by atoms with Crippen molar-refractivity contribution in [2.75, 3.05) is 43.4 Å².